The first-order chi connectivity index (χ1) is 6.55. The Morgan fingerprint density at radius 2 is 2.14 bits per heavy atom. The van der Waals surface area contributed by atoms with Crippen molar-refractivity contribution in [3.8, 4) is 0 Å². The Morgan fingerprint density at radius 3 is 2.64 bits per heavy atom. The summed E-state index contributed by atoms with van der Waals surface area (Å²) in [5.41, 5.74) is 5.48. The Balaban J connectivity index is 2.31. The molecule has 0 unspecified atom stereocenters. The lowest BCUT2D eigenvalue weighted by molar-refractivity contribution is 0.563. The molecule has 14 heavy (non-hydrogen) atoms. The number of unbranched alkanes of at least 4 members (excludes halogenated alkanes) is 3. The second-order valence-electron chi connectivity index (χ2n) is 3.51. The molecule has 0 amide bonds. The third kappa shape index (κ3) is 3.26. The van der Waals surface area contributed by atoms with E-state index in [0.29, 0.717) is 0 Å². The van der Waals surface area contributed by atoms with Crippen LogP contribution in [0.1, 0.15) is 39.0 Å². The number of amidine groups is 1. The van der Waals surface area contributed by atoms with Gasteiger partial charge in [-0.05, 0) is 6.42 Å². The lowest BCUT2D eigenvalue weighted by Crippen LogP contribution is -2.36. The summed E-state index contributed by atoms with van der Waals surface area (Å²) in [6.45, 7) is 2.13. The molecule has 1 aliphatic rings. The van der Waals surface area contributed by atoms with Crippen molar-refractivity contribution in [2.24, 2.45) is 10.1 Å². The molecule has 82 valence electrons. The molecule has 1 heterocycles. The summed E-state index contributed by atoms with van der Waals surface area (Å²) in [7, 11) is -3.47. The zero-order chi connectivity index (χ0) is 10.6. The summed E-state index contributed by atoms with van der Waals surface area (Å²) < 4.78 is 27.7. The molecule has 3 N–H and O–H groups in total. The van der Waals surface area contributed by atoms with E-state index < -0.39 is 10.2 Å². The van der Waals surface area contributed by atoms with Crippen LogP contribution in [0.2, 0.25) is 0 Å². The lowest BCUT2D eigenvalue weighted by Gasteiger charge is -2.08. The SMILES string of the molecule is CCCCCC[C@@H]1NS(=O)(=O)N=C1N. The van der Waals surface area contributed by atoms with Crippen molar-refractivity contribution in [2.75, 3.05) is 0 Å². The maximum Gasteiger partial charge on any atom is 0.322 e. The van der Waals surface area contributed by atoms with E-state index in [1.807, 2.05) is 0 Å². The van der Waals surface area contributed by atoms with Crippen LogP contribution in [0.5, 0.6) is 0 Å². The van der Waals surface area contributed by atoms with Crippen LogP contribution in [0.3, 0.4) is 0 Å². The topological polar surface area (TPSA) is 84.5 Å². The van der Waals surface area contributed by atoms with Crippen molar-refractivity contribution in [2.45, 2.75) is 45.1 Å². The highest BCUT2D eigenvalue weighted by Crippen LogP contribution is 2.11. The predicted octanol–water partition coefficient (Wildman–Crippen LogP) is 0.531. The molecular formula is C8H17N3O2S. The van der Waals surface area contributed by atoms with Gasteiger partial charge in [-0.3, -0.25) is 0 Å². The zero-order valence-corrected chi connectivity index (χ0v) is 9.18. The standard InChI is InChI=1S/C8H17N3O2S/c1-2-3-4-5-6-7-8(9)11-14(12,13)10-7/h7,10H,2-6H2,1H3,(H2,9,11)/t7-/m0/s1. The largest absolute Gasteiger partial charge is 0.385 e. The number of nitrogens with two attached hydrogens (primary N) is 1. The summed E-state index contributed by atoms with van der Waals surface area (Å²) in [4.78, 5) is 0. The molecule has 5 nitrogen and oxygen atoms in total. The zero-order valence-electron chi connectivity index (χ0n) is 8.36. The van der Waals surface area contributed by atoms with Crippen molar-refractivity contribution in [1.29, 1.82) is 0 Å². The van der Waals surface area contributed by atoms with Crippen LogP contribution in [0.4, 0.5) is 0 Å². The van der Waals surface area contributed by atoms with E-state index in [0.717, 1.165) is 19.3 Å². The van der Waals surface area contributed by atoms with Gasteiger partial charge in [0.2, 0.25) is 0 Å². The van der Waals surface area contributed by atoms with Crippen molar-refractivity contribution in [3.05, 3.63) is 0 Å². The molecule has 0 bridgehead atoms. The maximum atomic E-state index is 11.0. The first-order valence-electron chi connectivity index (χ1n) is 4.93. The van der Waals surface area contributed by atoms with Gasteiger partial charge in [0.1, 0.15) is 5.84 Å². The Bertz CT molecular complexity index is 311. The molecule has 0 saturated heterocycles. The lowest BCUT2D eigenvalue weighted by atomic mass is 10.1. The van der Waals surface area contributed by atoms with E-state index in [1.165, 1.54) is 12.8 Å². The molecule has 6 heteroatoms. The molecule has 0 aliphatic carbocycles. The van der Waals surface area contributed by atoms with Gasteiger partial charge in [-0.1, -0.05) is 32.6 Å². The summed E-state index contributed by atoms with van der Waals surface area (Å²) in [5, 5.41) is 0. The number of nitrogens with zero attached hydrogens (tertiary/aromatic N) is 1. The molecule has 0 radical (unpaired) electrons. The molecule has 0 aromatic rings. The van der Waals surface area contributed by atoms with Gasteiger partial charge < -0.3 is 5.73 Å². The molecule has 0 aromatic heterocycles. The second kappa shape index (κ2) is 4.75. The monoisotopic (exact) mass is 219 g/mol. The quantitative estimate of drug-likeness (QED) is 0.661. The van der Waals surface area contributed by atoms with Gasteiger partial charge >= 0.3 is 10.2 Å². The van der Waals surface area contributed by atoms with E-state index in [2.05, 4.69) is 16.0 Å². The fourth-order valence-electron chi connectivity index (χ4n) is 1.45. The first-order valence-corrected chi connectivity index (χ1v) is 6.37. The third-order valence-corrected chi connectivity index (χ3v) is 3.25. The van der Waals surface area contributed by atoms with Gasteiger partial charge in [-0.15, -0.1) is 4.40 Å². The molecule has 0 spiro atoms. The molecule has 0 aromatic carbocycles. The van der Waals surface area contributed by atoms with E-state index in [9.17, 15) is 8.42 Å². The smallest absolute Gasteiger partial charge is 0.322 e. The Kier molecular flexibility index (Phi) is 3.88. The van der Waals surface area contributed by atoms with Gasteiger partial charge in [-0.25, -0.2) is 0 Å². The van der Waals surface area contributed by atoms with Gasteiger partial charge in [0.05, 0.1) is 6.04 Å². The van der Waals surface area contributed by atoms with Crippen LogP contribution in [0, 0.1) is 0 Å². The Hall–Kier alpha value is -0.620. The van der Waals surface area contributed by atoms with Gasteiger partial charge in [0, 0.05) is 0 Å². The summed E-state index contributed by atoms with van der Waals surface area (Å²) in [6, 6.07) is -0.281. The van der Waals surface area contributed by atoms with E-state index in [-0.39, 0.29) is 11.9 Å². The van der Waals surface area contributed by atoms with Crippen LogP contribution in [0.25, 0.3) is 0 Å². The fraction of sp³-hybridized carbons (Fsp3) is 0.875. The van der Waals surface area contributed by atoms with Crippen molar-refractivity contribution >= 4 is 16.0 Å². The molecular weight excluding hydrogens is 202 g/mol. The highest BCUT2D eigenvalue weighted by Gasteiger charge is 2.27. The molecule has 1 aliphatic heterocycles. The number of hydrogen-bond acceptors (Lipinski definition) is 3. The fourth-order valence-corrected chi connectivity index (χ4v) is 2.51. The van der Waals surface area contributed by atoms with Crippen LogP contribution in [-0.2, 0) is 10.2 Å². The average Bonchev–Trinajstić information content (AvgIpc) is 2.34. The molecule has 0 fully saturated rings. The van der Waals surface area contributed by atoms with Crippen molar-refractivity contribution in [1.82, 2.24) is 4.72 Å². The first kappa shape index (κ1) is 11.5. The third-order valence-electron chi connectivity index (χ3n) is 2.22. The average molecular weight is 219 g/mol. The van der Waals surface area contributed by atoms with Gasteiger partial charge in [0.25, 0.3) is 0 Å². The van der Waals surface area contributed by atoms with E-state index in [4.69, 9.17) is 5.73 Å². The summed E-state index contributed by atoms with van der Waals surface area (Å²) in [6.07, 6.45) is 5.18. The number of hydrogen-bond donors (Lipinski definition) is 2. The Labute approximate surface area is 85.0 Å². The van der Waals surface area contributed by atoms with Gasteiger partial charge in [-0.2, -0.15) is 13.1 Å². The van der Waals surface area contributed by atoms with Crippen LogP contribution in [-0.4, -0.2) is 20.3 Å². The van der Waals surface area contributed by atoms with Crippen LogP contribution in [0.15, 0.2) is 4.40 Å². The highest BCUT2D eigenvalue weighted by molar-refractivity contribution is 7.88. The molecule has 0 saturated carbocycles. The second-order valence-corrected chi connectivity index (χ2v) is 4.88. The number of rotatable bonds is 5. The predicted molar refractivity (Wildman–Crippen MR) is 56.2 cm³/mol. The Morgan fingerprint density at radius 1 is 1.43 bits per heavy atom. The highest BCUT2D eigenvalue weighted by atomic mass is 32.2. The summed E-state index contributed by atoms with van der Waals surface area (Å²) >= 11 is 0. The van der Waals surface area contributed by atoms with E-state index >= 15 is 0 Å². The minimum atomic E-state index is -3.47. The minimum Gasteiger partial charge on any atom is -0.385 e. The van der Waals surface area contributed by atoms with Crippen molar-refractivity contribution < 1.29 is 8.42 Å². The molecule has 1 atom stereocenters. The number of nitrogens with one attached hydrogen (secondary N) is 1. The summed E-state index contributed by atoms with van der Waals surface area (Å²) in [5.74, 6) is 0.196. The van der Waals surface area contributed by atoms with Crippen LogP contribution >= 0.6 is 0 Å². The molecule has 1 rings (SSSR count). The maximum absolute atomic E-state index is 11.0. The van der Waals surface area contributed by atoms with Crippen LogP contribution < -0.4 is 10.5 Å². The van der Waals surface area contributed by atoms with E-state index in [1.54, 1.807) is 0 Å². The van der Waals surface area contributed by atoms with Crippen molar-refractivity contribution in [3.63, 3.8) is 0 Å². The van der Waals surface area contributed by atoms with Gasteiger partial charge in [0.15, 0.2) is 0 Å². The minimum absolute atomic E-state index is 0.196. The normalized spacial score (nSPS) is 24.9.